The molecule has 1 rings (SSSR count). The largest absolute Gasteiger partial charge is 0.481 e. The molecule has 0 aliphatic carbocycles. The molecule has 23 heavy (non-hydrogen) atoms. The highest BCUT2D eigenvalue weighted by Crippen LogP contribution is 2.28. The molecule has 1 aliphatic rings. The molecule has 0 aromatic carbocycles. The molecule has 1 fully saturated rings. The van der Waals surface area contributed by atoms with Crippen molar-refractivity contribution in [1.29, 1.82) is 0 Å². The van der Waals surface area contributed by atoms with E-state index in [1.165, 1.54) is 44.9 Å². The molecule has 1 saturated heterocycles. The zero-order valence-electron chi connectivity index (χ0n) is 14.8. The van der Waals surface area contributed by atoms with Crippen molar-refractivity contribution >= 4 is 5.97 Å². The van der Waals surface area contributed by atoms with E-state index in [-0.39, 0.29) is 12.5 Å². The van der Waals surface area contributed by atoms with Crippen molar-refractivity contribution < 1.29 is 24.1 Å². The summed E-state index contributed by atoms with van der Waals surface area (Å²) in [5, 5.41) is 8.72. The van der Waals surface area contributed by atoms with E-state index in [9.17, 15) is 4.79 Å². The van der Waals surface area contributed by atoms with Gasteiger partial charge in [0, 0.05) is 13.0 Å². The fourth-order valence-corrected chi connectivity index (χ4v) is 2.79. The Morgan fingerprint density at radius 1 is 1.17 bits per heavy atom. The molecule has 1 aliphatic heterocycles. The number of hydrogen-bond donors (Lipinski definition) is 1. The van der Waals surface area contributed by atoms with Gasteiger partial charge in [-0.15, -0.1) is 0 Å². The molecule has 0 aromatic rings. The first-order valence-corrected chi connectivity index (χ1v) is 9.17. The molecule has 136 valence electrons. The molecule has 5 heteroatoms. The summed E-state index contributed by atoms with van der Waals surface area (Å²) in [5.74, 6) is -1.60. The molecule has 0 spiro atoms. The maximum absolute atomic E-state index is 10.6. The average molecular weight is 330 g/mol. The number of carboxylic acid groups (broad SMARTS) is 1. The third kappa shape index (κ3) is 9.95. The third-order valence-corrected chi connectivity index (χ3v) is 4.23. The van der Waals surface area contributed by atoms with Crippen molar-refractivity contribution in [3.05, 3.63) is 0 Å². The minimum absolute atomic E-state index is 0.0579. The maximum atomic E-state index is 10.6. The Morgan fingerprint density at radius 2 is 1.83 bits per heavy atom. The monoisotopic (exact) mass is 330 g/mol. The molecule has 2 unspecified atom stereocenters. The molecule has 2 atom stereocenters. The Morgan fingerprint density at radius 3 is 2.48 bits per heavy atom. The number of hydrogen-bond acceptors (Lipinski definition) is 4. The highest BCUT2D eigenvalue weighted by molar-refractivity contribution is 5.66. The van der Waals surface area contributed by atoms with Crippen LogP contribution in [0.25, 0.3) is 0 Å². The van der Waals surface area contributed by atoms with E-state index in [4.69, 9.17) is 19.3 Å². The Balaban J connectivity index is 1.93. The normalized spacial score (nSPS) is 24.2. The topological polar surface area (TPSA) is 65.0 Å². The first kappa shape index (κ1) is 20.4. The van der Waals surface area contributed by atoms with Crippen LogP contribution in [-0.4, -0.2) is 42.8 Å². The fourth-order valence-electron chi connectivity index (χ4n) is 2.79. The van der Waals surface area contributed by atoms with Gasteiger partial charge < -0.3 is 19.3 Å². The molecular formula is C18H34O5. The van der Waals surface area contributed by atoms with Gasteiger partial charge in [-0.25, -0.2) is 0 Å². The first-order valence-electron chi connectivity index (χ1n) is 9.17. The minimum Gasteiger partial charge on any atom is -0.481 e. The van der Waals surface area contributed by atoms with E-state index >= 15 is 0 Å². The second-order valence-corrected chi connectivity index (χ2v) is 6.63. The molecule has 0 saturated carbocycles. The number of aliphatic carboxylic acids is 1. The molecule has 0 aromatic heterocycles. The molecular weight excluding hydrogens is 296 g/mol. The van der Waals surface area contributed by atoms with Gasteiger partial charge in [0.1, 0.15) is 6.10 Å². The van der Waals surface area contributed by atoms with Gasteiger partial charge in [0.2, 0.25) is 0 Å². The summed E-state index contributed by atoms with van der Waals surface area (Å²) >= 11 is 0. The predicted molar refractivity (Wildman–Crippen MR) is 89.5 cm³/mol. The van der Waals surface area contributed by atoms with Gasteiger partial charge in [0.15, 0.2) is 5.79 Å². The summed E-state index contributed by atoms with van der Waals surface area (Å²) < 4.78 is 17.0. The summed E-state index contributed by atoms with van der Waals surface area (Å²) in [6.07, 6.45) is 10.7. The van der Waals surface area contributed by atoms with Crippen molar-refractivity contribution in [3.63, 3.8) is 0 Å². The number of rotatable bonds is 14. The van der Waals surface area contributed by atoms with Gasteiger partial charge in [-0.2, -0.15) is 0 Å². The summed E-state index contributed by atoms with van der Waals surface area (Å²) in [7, 11) is 0. The van der Waals surface area contributed by atoms with Crippen LogP contribution in [0.1, 0.15) is 78.1 Å². The molecule has 1 heterocycles. The highest BCUT2D eigenvalue weighted by Gasteiger charge is 2.37. The average Bonchev–Trinajstić information content (AvgIpc) is 2.89. The molecule has 0 amide bonds. The highest BCUT2D eigenvalue weighted by atomic mass is 16.7. The lowest BCUT2D eigenvalue weighted by atomic mass is 10.1. The van der Waals surface area contributed by atoms with E-state index < -0.39 is 11.8 Å². The lowest BCUT2D eigenvalue weighted by Gasteiger charge is -2.22. The molecule has 0 bridgehead atoms. The van der Waals surface area contributed by atoms with Gasteiger partial charge in [-0.05, 0) is 13.3 Å². The zero-order valence-corrected chi connectivity index (χ0v) is 14.8. The second kappa shape index (κ2) is 11.8. The van der Waals surface area contributed by atoms with Gasteiger partial charge in [0.05, 0.1) is 19.6 Å². The van der Waals surface area contributed by atoms with Crippen LogP contribution in [-0.2, 0) is 19.0 Å². The summed E-state index contributed by atoms with van der Waals surface area (Å²) in [6.45, 7) is 5.81. The van der Waals surface area contributed by atoms with Crippen LogP contribution in [0, 0.1) is 0 Å². The smallest absolute Gasteiger partial charge is 0.303 e. The molecule has 0 radical (unpaired) electrons. The van der Waals surface area contributed by atoms with Crippen LogP contribution in [0.5, 0.6) is 0 Å². The van der Waals surface area contributed by atoms with Crippen molar-refractivity contribution in [2.75, 3.05) is 19.8 Å². The molecule has 5 nitrogen and oxygen atoms in total. The maximum Gasteiger partial charge on any atom is 0.303 e. The van der Waals surface area contributed by atoms with Crippen molar-refractivity contribution in [3.8, 4) is 0 Å². The predicted octanol–water partition coefficient (Wildman–Crippen LogP) is 4.14. The van der Waals surface area contributed by atoms with Crippen LogP contribution in [0.4, 0.5) is 0 Å². The first-order chi connectivity index (χ1) is 11.1. The summed E-state index contributed by atoms with van der Waals surface area (Å²) in [6, 6.07) is 0. The van der Waals surface area contributed by atoms with Crippen molar-refractivity contribution in [2.24, 2.45) is 0 Å². The lowest BCUT2D eigenvalue weighted by molar-refractivity contribution is -0.170. The Hall–Kier alpha value is -0.650. The summed E-state index contributed by atoms with van der Waals surface area (Å²) in [5.41, 5.74) is 0. The van der Waals surface area contributed by atoms with Crippen molar-refractivity contribution in [2.45, 2.75) is 89.9 Å². The van der Waals surface area contributed by atoms with E-state index in [0.717, 1.165) is 13.0 Å². The van der Waals surface area contributed by atoms with Crippen LogP contribution in [0.15, 0.2) is 0 Å². The van der Waals surface area contributed by atoms with Gasteiger partial charge in [-0.3, -0.25) is 4.79 Å². The SMILES string of the molecule is CCCCCCCCCCOCC1COC(C)(CCC(=O)O)O1. The zero-order chi connectivity index (χ0) is 17.0. The Kier molecular flexibility index (Phi) is 10.5. The number of carbonyl (C=O) groups is 1. The van der Waals surface area contributed by atoms with Crippen LogP contribution in [0.2, 0.25) is 0 Å². The quantitative estimate of drug-likeness (QED) is 0.485. The number of carboxylic acids is 1. The van der Waals surface area contributed by atoms with Crippen molar-refractivity contribution in [1.82, 2.24) is 0 Å². The van der Waals surface area contributed by atoms with E-state index in [0.29, 0.717) is 19.6 Å². The lowest BCUT2D eigenvalue weighted by Crippen LogP contribution is -2.28. The standard InChI is InChI=1S/C18H34O5/c1-3-4-5-6-7-8-9-10-13-21-14-16-15-22-18(2,23-16)12-11-17(19)20/h16H,3-15H2,1-2H3,(H,19,20). The second-order valence-electron chi connectivity index (χ2n) is 6.63. The number of ether oxygens (including phenoxy) is 3. The number of unbranched alkanes of at least 4 members (excludes halogenated alkanes) is 7. The summed E-state index contributed by atoms with van der Waals surface area (Å²) in [4.78, 5) is 10.6. The van der Waals surface area contributed by atoms with Crippen LogP contribution < -0.4 is 0 Å². The Labute approximate surface area is 140 Å². The van der Waals surface area contributed by atoms with E-state index in [1.54, 1.807) is 6.92 Å². The fraction of sp³-hybridized carbons (Fsp3) is 0.944. The van der Waals surface area contributed by atoms with E-state index in [2.05, 4.69) is 6.92 Å². The Bertz CT molecular complexity index is 321. The minimum atomic E-state index is -0.826. The van der Waals surface area contributed by atoms with Crippen LogP contribution >= 0.6 is 0 Å². The van der Waals surface area contributed by atoms with Gasteiger partial charge >= 0.3 is 5.97 Å². The van der Waals surface area contributed by atoms with Gasteiger partial charge in [-0.1, -0.05) is 51.9 Å². The van der Waals surface area contributed by atoms with Gasteiger partial charge in [0.25, 0.3) is 0 Å². The third-order valence-electron chi connectivity index (χ3n) is 4.23. The van der Waals surface area contributed by atoms with Crippen LogP contribution in [0.3, 0.4) is 0 Å². The van der Waals surface area contributed by atoms with E-state index in [1.807, 2.05) is 0 Å². The molecule has 1 N–H and O–H groups in total.